The highest BCUT2D eigenvalue weighted by Crippen LogP contribution is 2.34. The zero-order valence-electron chi connectivity index (χ0n) is 15.6. The molecule has 1 aliphatic heterocycles. The lowest BCUT2D eigenvalue weighted by Gasteiger charge is -2.06. The van der Waals surface area contributed by atoms with Crippen LogP contribution in [0.2, 0.25) is 0 Å². The summed E-state index contributed by atoms with van der Waals surface area (Å²) in [6, 6.07) is 10.8. The maximum absolute atomic E-state index is 12.8. The molecule has 0 bridgehead atoms. The van der Waals surface area contributed by atoms with E-state index in [2.05, 4.69) is 31.1 Å². The van der Waals surface area contributed by atoms with Gasteiger partial charge in [-0.25, -0.2) is 4.79 Å². The summed E-state index contributed by atoms with van der Waals surface area (Å²) in [5.74, 6) is 1.93. The maximum Gasteiger partial charge on any atom is 0.328 e. The molecule has 4 aromatic rings. The summed E-state index contributed by atoms with van der Waals surface area (Å²) in [7, 11) is 0. The van der Waals surface area contributed by atoms with Crippen molar-refractivity contribution in [1.82, 2.24) is 19.7 Å². The molecule has 0 spiro atoms. The second-order valence-corrected chi connectivity index (χ2v) is 7.68. The third-order valence-corrected chi connectivity index (χ3v) is 5.29. The number of halogens is 1. The predicted molar refractivity (Wildman–Crippen MR) is 111 cm³/mol. The number of nitrogens with zero attached hydrogens (tertiary/aromatic N) is 3. The van der Waals surface area contributed by atoms with Crippen LogP contribution in [0.4, 0.5) is 0 Å². The second kappa shape index (κ2) is 7.45. The fraction of sp³-hybridized carbons (Fsp3) is 0.200. The van der Waals surface area contributed by atoms with Gasteiger partial charge in [-0.2, -0.15) is 4.98 Å². The van der Waals surface area contributed by atoms with Crippen LogP contribution >= 0.6 is 15.9 Å². The molecule has 30 heavy (non-hydrogen) atoms. The normalized spacial score (nSPS) is 12.6. The molecule has 2 aromatic heterocycles. The first-order chi connectivity index (χ1) is 14.6. The van der Waals surface area contributed by atoms with Gasteiger partial charge in [0.2, 0.25) is 18.5 Å². The van der Waals surface area contributed by atoms with Crippen LogP contribution in [0.15, 0.2) is 55.0 Å². The Morgan fingerprint density at radius 3 is 2.80 bits per heavy atom. The van der Waals surface area contributed by atoms with Gasteiger partial charge in [0, 0.05) is 29.1 Å². The van der Waals surface area contributed by atoms with Crippen LogP contribution in [0.25, 0.3) is 22.3 Å². The van der Waals surface area contributed by atoms with E-state index in [4.69, 9.17) is 14.0 Å². The summed E-state index contributed by atoms with van der Waals surface area (Å²) < 4.78 is 18.0. The van der Waals surface area contributed by atoms with Crippen molar-refractivity contribution >= 4 is 26.8 Å². The zero-order valence-corrected chi connectivity index (χ0v) is 17.1. The molecule has 1 aliphatic rings. The molecule has 1 N–H and O–H groups in total. The first-order valence-corrected chi connectivity index (χ1v) is 10.0. The molecule has 0 atom stereocenters. The number of hydrogen-bond acceptors (Lipinski definition) is 7. The fourth-order valence-electron chi connectivity index (χ4n) is 3.34. The summed E-state index contributed by atoms with van der Waals surface area (Å²) in [5, 5.41) is 4.36. The molecule has 0 unspecified atom stereocenters. The van der Waals surface area contributed by atoms with Gasteiger partial charge in [-0.15, -0.1) is 0 Å². The van der Waals surface area contributed by atoms with Crippen molar-refractivity contribution < 1.29 is 14.0 Å². The van der Waals surface area contributed by atoms with E-state index in [9.17, 15) is 9.59 Å². The molecule has 9 nitrogen and oxygen atoms in total. The smallest absolute Gasteiger partial charge is 0.328 e. The average Bonchev–Trinajstić information content (AvgIpc) is 3.38. The van der Waals surface area contributed by atoms with E-state index in [0.717, 1.165) is 14.6 Å². The molecule has 0 saturated heterocycles. The molecule has 0 amide bonds. The number of H-pyrrole nitrogens is 1. The fourth-order valence-corrected chi connectivity index (χ4v) is 3.73. The van der Waals surface area contributed by atoms with Gasteiger partial charge in [0.05, 0.1) is 10.9 Å². The number of aromatic amines is 1. The zero-order chi connectivity index (χ0) is 20.7. The van der Waals surface area contributed by atoms with Crippen LogP contribution in [-0.4, -0.2) is 26.5 Å². The Morgan fingerprint density at radius 2 is 1.97 bits per heavy atom. The number of nitrogens with one attached hydrogen (secondary N) is 1. The lowest BCUT2D eigenvalue weighted by atomic mass is 10.2. The third-order valence-electron chi connectivity index (χ3n) is 4.80. The summed E-state index contributed by atoms with van der Waals surface area (Å²) in [6.07, 6.45) is 0.922. The molecule has 152 valence electrons. The number of ether oxygens (including phenoxy) is 2. The van der Waals surface area contributed by atoms with E-state index in [1.165, 1.54) is 0 Å². The summed E-state index contributed by atoms with van der Waals surface area (Å²) in [6.45, 7) is 0.309. The molecular formula is C20H15BrN4O5. The Hall–Kier alpha value is -3.40. The molecule has 2 aromatic carbocycles. The van der Waals surface area contributed by atoms with Crippen LogP contribution in [0.5, 0.6) is 11.5 Å². The number of benzene rings is 2. The van der Waals surface area contributed by atoms with Gasteiger partial charge in [-0.05, 0) is 24.6 Å². The molecule has 0 aliphatic carbocycles. The van der Waals surface area contributed by atoms with E-state index in [-0.39, 0.29) is 18.9 Å². The lowest BCUT2D eigenvalue weighted by Crippen LogP contribution is -2.35. The van der Waals surface area contributed by atoms with Gasteiger partial charge in [0.15, 0.2) is 11.5 Å². The first kappa shape index (κ1) is 18.6. The van der Waals surface area contributed by atoms with Gasteiger partial charge in [-0.1, -0.05) is 33.2 Å². The number of hydrogen-bond donors (Lipinski definition) is 1. The third kappa shape index (κ3) is 3.39. The molecule has 0 radical (unpaired) electrons. The van der Waals surface area contributed by atoms with Gasteiger partial charge >= 0.3 is 5.69 Å². The molecule has 5 rings (SSSR count). The highest BCUT2D eigenvalue weighted by molar-refractivity contribution is 9.10. The predicted octanol–water partition coefficient (Wildman–Crippen LogP) is 2.86. The molecule has 0 saturated carbocycles. The minimum Gasteiger partial charge on any atom is -0.454 e. The van der Waals surface area contributed by atoms with Gasteiger partial charge in [-0.3, -0.25) is 9.36 Å². The lowest BCUT2D eigenvalue weighted by molar-refractivity contribution is 0.174. The SMILES string of the molecule is O=c1[nH]c2cc3c(cc2c(=O)n1CCCc1nc(-c2cccc(Br)c2)no1)OCO3. The van der Waals surface area contributed by atoms with Crippen molar-refractivity contribution in [3.8, 4) is 22.9 Å². The van der Waals surface area contributed by atoms with Crippen LogP contribution in [0, 0.1) is 0 Å². The standard InChI is InChI=1S/C20H15BrN4O5/c21-12-4-1-3-11(7-12)18-23-17(30-24-18)5-2-6-25-19(26)13-8-15-16(29-10-28-15)9-14(13)22-20(25)27/h1,3-4,7-9H,2,5-6,10H2,(H,22,27). The van der Waals surface area contributed by atoms with E-state index < -0.39 is 5.69 Å². The molecule has 10 heteroatoms. The Kier molecular flexibility index (Phi) is 4.62. The van der Waals surface area contributed by atoms with E-state index in [0.29, 0.717) is 47.0 Å². The van der Waals surface area contributed by atoms with E-state index in [1.807, 2.05) is 24.3 Å². The van der Waals surface area contributed by atoms with Gasteiger partial charge in [0.1, 0.15) is 0 Å². The maximum atomic E-state index is 12.8. The number of aromatic nitrogens is 4. The molecular weight excluding hydrogens is 456 g/mol. The van der Waals surface area contributed by atoms with E-state index in [1.54, 1.807) is 12.1 Å². The van der Waals surface area contributed by atoms with Crippen molar-refractivity contribution in [3.63, 3.8) is 0 Å². The van der Waals surface area contributed by atoms with E-state index >= 15 is 0 Å². The quantitative estimate of drug-likeness (QED) is 0.477. The molecule has 3 heterocycles. The summed E-state index contributed by atoms with van der Waals surface area (Å²) in [5.41, 5.74) is 0.389. The van der Waals surface area contributed by atoms with Gasteiger partial charge < -0.3 is 19.0 Å². The van der Waals surface area contributed by atoms with Crippen molar-refractivity contribution in [2.75, 3.05) is 6.79 Å². The highest BCUT2D eigenvalue weighted by atomic mass is 79.9. The number of rotatable bonds is 5. The Morgan fingerprint density at radius 1 is 1.13 bits per heavy atom. The van der Waals surface area contributed by atoms with Crippen molar-refractivity contribution in [3.05, 3.63) is 67.6 Å². The molecule has 0 fully saturated rings. The largest absolute Gasteiger partial charge is 0.454 e. The van der Waals surface area contributed by atoms with Crippen LogP contribution in [-0.2, 0) is 13.0 Å². The minimum absolute atomic E-state index is 0.0934. The Labute approximate surface area is 177 Å². The minimum atomic E-state index is -0.480. The highest BCUT2D eigenvalue weighted by Gasteiger charge is 2.18. The summed E-state index contributed by atoms with van der Waals surface area (Å²) >= 11 is 3.42. The van der Waals surface area contributed by atoms with Crippen molar-refractivity contribution in [2.24, 2.45) is 0 Å². The monoisotopic (exact) mass is 470 g/mol. The topological polar surface area (TPSA) is 112 Å². The van der Waals surface area contributed by atoms with Crippen LogP contribution < -0.4 is 20.7 Å². The Bertz CT molecular complexity index is 1370. The first-order valence-electron chi connectivity index (χ1n) is 9.23. The summed E-state index contributed by atoms with van der Waals surface area (Å²) in [4.78, 5) is 32.3. The van der Waals surface area contributed by atoms with Crippen molar-refractivity contribution in [2.45, 2.75) is 19.4 Å². The van der Waals surface area contributed by atoms with Crippen molar-refractivity contribution in [1.29, 1.82) is 0 Å². The Balaban J connectivity index is 1.34. The second-order valence-electron chi connectivity index (χ2n) is 6.76. The average molecular weight is 471 g/mol. The number of fused-ring (bicyclic) bond motifs is 2. The van der Waals surface area contributed by atoms with Gasteiger partial charge in [0.25, 0.3) is 5.56 Å². The van der Waals surface area contributed by atoms with Crippen LogP contribution in [0.3, 0.4) is 0 Å². The van der Waals surface area contributed by atoms with Crippen LogP contribution in [0.1, 0.15) is 12.3 Å². The number of aryl methyl sites for hydroxylation is 1.